The van der Waals surface area contributed by atoms with Gasteiger partial charge in [-0.2, -0.15) is 19.9 Å². The van der Waals surface area contributed by atoms with Crippen LogP contribution in [-0.4, -0.2) is 143 Å². The molecule has 0 unspecified atom stereocenters. The van der Waals surface area contributed by atoms with Crippen LogP contribution in [0.15, 0.2) is 72.8 Å². The van der Waals surface area contributed by atoms with Crippen molar-refractivity contribution in [2.45, 2.75) is 58.5 Å². The minimum atomic E-state index is 0.00171. The van der Waals surface area contributed by atoms with Crippen molar-refractivity contribution in [1.29, 1.82) is 0 Å². The van der Waals surface area contributed by atoms with Gasteiger partial charge in [0.15, 0.2) is 11.3 Å². The average Bonchev–Trinajstić information content (AvgIpc) is 3.31. The van der Waals surface area contributed by atoms with Crippen molar-refractivity contribution in [3.8, 4) is 28.3 Å². The molecule has 63 heavy (non-hydrogen) atoms. The van der Waals surface area contributed by atoms with Crippen molar-refractivity contribution >= 4 is 45.6 Å². The third-order valence-corrected chi connectivity index (χ3v) is 12.1. The Morgan fingerprint density at radius 3 is 1.37 bits per heavy atom. The van der Waals surface area contributed by atoms with Gasteiger partial charge in [0, 0.05) is 37.3 Å². The molecule has 10 rings (SSSR count). The molecule has 16 heteroatoms. The van der Waals surface area contributed by atoms with Crippen molar-refractivity contribution in [3.05, 3.63) is 78.4 Å². The first-order valence-electron chi connectivity index (χ1n) is 22.0. The van der Waals surface area contributed by atoms with Crippen LogP contribution in [0, 0.1) is 0 Å². The molecular formula is C47H56N10O6. The molecule has 0 saturated carbocycles. The normalized spacial score (nSPS) is 22.0. The second kappa shape index (κ2) is 18.9. The topological polar surface area (TPSA) is 168 Å². The molecule has 2 aromatic carbocycles. The lowest BCUT2D eigenvalue weighted by molar-refractivity contribution is 0.0972. The van der Waals surface area contributed by atoms with Crippen LogP contribution in [0.2, 0.25) is 0 Å². The third-order valence-electron chi connectivity index (χ3n) is 12.1. The van der Waals surface area contributed by atoms with Gasteiger partial charge in [0.25, 0.3) is 0 Å². The summed E-state index contributed by atoms with van der Waals surface area (Å²) in [7, 11) is 0. The summed E-state index contributed by atoms with van der Waals surface area (Å²) in [5.41, 5.74) is 5.59. The van der Waals surface area contributed by atoms with E-state index < -0.39 is 0 Å². The van der Waals surface area contributed by atoms with E-state index in [0.717, 1.165) is 76.7 Å². The first kappa shape index (κ1) is 42.5. The second-order valence-electron chi connectivity index (χ2n) is 16.7. The molecule has 6 aromatic rings. The standard InChI is InChI=1S/C24H29N5O3.C23H27N5O3/c1-16-14-31-10-8-28(16)23-20-6-7-21(19-5-3-4-18(12-19)13-30)25-22(20)26-24(27-23)29-9-11-32-15-17(29)2;1-15-13-30-10-8-27(15)22-19-6-7-20(17-4-3-5-18(29)12-17)24-21(19)25-23(26-22)28-9-11-31-14-16(28)2/h3-7,12,16-17,30H,8-11,13-15H2,1-2H3;3-7,12,15-16,29H,8-11,13-14H2,1-2H3/t16-,17-;15-,16-/m00/s1. The van der Waals surface area contributed by atoms with E-state index in [1.165, 1.54) is 0 Å². The number of hydrogen-bond donors (Lipinski definition) is 2. The van der Waals surface area contributed by atoms with Crippen molar-refractivity contribution < 1.29 is 29.2 Å². The minimum absolute atomic E-state index is 0.00171. The molecule has 4 aromatic heterocycles. The first-order chi connectivity index (χ1) is 30.7. The summed E-state index contributed by atoms with van der Waals surface area (Å²) in [6, 6.07) is 23.8. The van der Waals surface area contributed by atoms with E-state index in [1.807, 2.05) is 54.6 Å². The number of ether oxygens (including phenoxy) is 4. The van der Waals surface area contributed by atoms with Gasteiger partial charge in [-0.1, -0.05) is 30.3 Å². The summed E-state index contributed by atoms with van der Waals surface area (Å²) in [5.74, 6) is 3.38. The number of pyridine rings is 2. The summed E-state index contributed by atoms with van der Waals surface area (Å²) in [6.07, 6.45) is 0. The van der Waals surface area contributed by atoms with E-state index in [4.69, 9.17) is 48.9 Å². The third kappa shape index (κ3) is 9.17. The maximum Gasteiger partial charge on any atom is 0.229 e. The first-order valence-corrected chi connectivity index (χ1v) is 22.0. The minimum Gasteiger partial charge on any atom is -0.508 e. The fraction of sp³-hybridized carbons (Fsp3) is 0.447. The van der Waals surface area contributed by atoms with Gasteiger partial charge in [-0.25, -0.2) is 9.97 Å². The number of rotatable bonds is 7. The number of phenols is 1. The maximum atomic E-state index is 9.88. The highest BCUT2D eigenvalue weighted by atomic mass is 16.5. The molecule has 4 fully saturated rings. The van der Waals surface area contributed by atoms with Gasteiger partial charge in [0.05, 0.1) is 106 Å². The molecule has 0 amide bonds. The smallest absolute Gasteiger partial charge is 0.229 e. The summed E-state index contributed by atoms with van der Waals surface area (Å²) >= 11 is 0. The average molecular weight is 857 g/mol. The highest BCUT2D eigenvalue weighted by Crippen LogP contribution is 2.34. The molecule has 4 aliphatic rings. The van der Waals surface area contributed by atoms with E-state index in [9.17, 15) is 10.2 Å². The Morgan fingerprint density at radius 1 is 0.508 bits per heavy atom. The van der Waals surface area contributed by atoms with Crippen molar-refractivity contribution in [3.63, 3.8) is 0 Å². The lowest BCUT2D eigenvalue weighted by atomic mass is 10.1. The zero-order valence-electron chi connectivity index (χ0n) is 36.4. The Hall–Kier alpha value is -5.78. The van der Waals surface area contributed by atoms with E-state index in [2.05, 4.69) is 53.4 Å². The Morgan fingerprint density at radius 2 is 0.937 bits per heavy atom. The summed E-state index contributed by atoms with van der Waals surface area (Å²) in [5, 5.41) is 21.3. The molecule has 2 N–H and O–H groups in total. The van der Waals surface area contributed by atoms with Gasteiger partial charge in [0.2, 0.25) is 11.9 Å². The van der Waals surface area contributed by atoms with E-state index >= 15 is 0 Å². The molecule has 4 atom stereocenters. The predicted octanol–water partition coefficient (Wildman–Crippen LogP) is 5.48. The number of aliphatic hydroxyl groups excluding tert-OH is 1. The number of anilines is 4. The quantitative estimate of drug-likeness (QED) is 0.207. The molecule has 16 nitrogen and oxygen atoms in total. The fourth-order valence-corrected chi connectivity index (χ4v) is 8.61. The van der Waals surface area contributed by atoms with Crippen molar-refractivity contribution in [1.82, 2.24) is 29.9 Å². The second-order valence-corrected chi connectivity index (χ2v) is 16.7. The van der Waals surface area contributed by atoms with Gasteiger partial charge >= 0.3 is 0 Å². The number of aromatic nitrogens is 6. The number of nitrogens with zero attached hydrogens (tertiary/aromatic N) is 10. The van der Waals surface area contributed by atoms with Crippen LogP contribution in [0.5, 0.6) is 5.75 Å². The number of benzene rings is 2. The SMILES string of the molecule is C[C@H]1COCCN1c1nc(N2CCOC[C@@H]2C)c2ccc(-c3cccc(CO)c3)nc2n1.C[C@H]1COCCN1c1nc(N2CCOC[C@@H]2C)c2ccc(-c3cccc(O)c3)nc2n1. The number of hydrogen-bond acceptors (Lipinski definition) is 16. The van der Waals surface area contributed by atoms with Crippen LogP contribution < -0.4 is 19.6 Å². The predicted molar refractivity (Wildman–Crippen MR) is 244 cm³/mol. The van der Waals surface area contributed by atoms with E-state index in [1.54, 1.807) is 12.1 Å². The maximum absolute atomic E-state index is 9.88. The molecule has 4 aliphatic heterocycles. The number of aliphatic hydroxyl groups is 1. The van der Waals surface area contributed by atoms with Crippen LogP contribution in [0.1, 0.15) is 33.3 Å². The van der Waals surface area contributed by atoms with Crippen LogP contribution in [0.25, 0.3) is 44.6 Å². The Balaban J connectivity index is 0.000000160. The van der Waals surface area contributed by atoms with Gasteiger partial charge in [0.1, 0.15) is 17.4 Å². The highest BCUT2D eigenvalue weighted by molar-refractivity contribution is 5.91. The number of fused-ring (bicyclic) bond motifs is 2. The zero-order chi connectivity index (χ0) is 43.5. The number of phenolic OH excluding ortho intramolecular Hbond substituents is 1. The van der Waals surface area contributed by atoms with Gasteiger partial charge in [-0.15, -0.1) is 0 Å². The molecular weight excluding hydrogens is 801 g/mol. The Labute approximate surface area is 367 Å². The summed E-state index contributed by atoms with van der Waals surface area (Å²) < 4.78 is 22.5. The molecule has 4 saturated heterocycles. The number of aromatic hydroxyl groups is 1. The lowest BCUT2D eigenvalue weighted by Crippen LogP contribution is -2.46. The van der Waals surface area contributed by atoms with Crippen LogP contribution >= 0.6 is 0 Å². The summed E-state index contributed by atoms with van der Waals surface area (Å²) in [6.45, 7) is 17.0. The van der Waals surface area contributed by atoms with Gasteiger partial charge < -0.3 is 48.8 Å². The largest absolute Gasteiger partial charge is 0.508 e. The molecule has 330 valence electrons. The molecule has 0 aliphatic carbocycles. The zero-order valence-corrected chi connectivity index (χ0v) is 36.4. The Kier molecular flexibility index (Phi) is 12.8. The van der Waals surface area contributed by atoms with Gasteiger partial charge in [-0.05, 0) is 75.7 Å². The molecule has 8 heterocycles. The van der Waals surface area contributed by atoms with Crippen LogP contribution in [0.3, 0.4) is 0 Å². The monoisotopic (exact) mass is 856 g/mol. The van der Waals surface area contributed by atoms with Crippen LogP contribution in [0.4, 0.5) is 23.5 Å². The molecule has 0 bridgehead atoms. The summed E-state index contributed by atoms with van der Waals surface area (Å²) in [4.78, 5) is 38.6. The number of morpholine rings is 4. The molecule has 0 spiro atoms. The molecule has 0 radical (unpaired) electrons. The lowest BCUT2D eigenvalue weighted by Gasteiger charge is -2.37. The van der Waals surface area contributed by atoms with Crippen molar-refractivity contribution in [2.24, 2.45) is 0 Å². The Bertz CT molecular complexity index is 2550. The fourth-order valence-electron chi connectivity index (χ4n) is 8.61. The van der Waals surface area contributed by atoms with Crippen molar-refractivity contribution in [2.75, 3.05) is 98.6 Å². The van der Waals surface area contributed by atoms with Gasteiger partial charge in [-0.3, -0.25) is 0 Å². The highest BCUT2D eigenvalue weighted by Gasteiger charge is 2.29. The van der Waals surface area contributed by atoms with E-state index in [0.29, 0.717) is 76.0 Å². The van der Waals surface area contributed by atoms with Crippen LogP contribution in [-0.2, 0) is 25.6 Å². The van der Waals surface area contributed by atoms with E-state index in [-0.39, 0.29) is 36.5 Å².